The summed E-state index contributed by atoms with van der Waals surface area (Å²) in [6.45, 7) is 0. The van der Waals surface area contributed by atoms with Crippen LogP contribution in [0, 0.1) is 23.0 Å². The van der Waals surface area contributed by atoms with Crippen molar-refractivity contribution >= 4 is 62.8 Å². The van der Waals surface area contributed by atoms with Crippen LogP contribution in [0.1, 0.15) is 17.2 Å². The van der Waals surface area contributed by atoms with Gasteiger partial charge in [0.1, 0.15) is 11.9 Å². The predicted molar refractivity (Wildman–Crippen MR) is 141 cm³/mol. The van der Waals surface area contributed by atoms with Gasteiger partial charge in [-0.2, -0.15) is 10.8 Å². The fourth-order valence-corrected chi connectivity index (χ4v) is 4.47. The standard InChI is InChI=1S/C25H16Cl3F2N7/c26-17-5-6-19(22(30)21(17)28)35-23-13(9-31)10-32-25-16(23)7-15(8-18(25)27)34-24(20-11-33-37-36-20)12-1-3-14(29)4-2-12/h1-8,10-11,24,33-34,36-37H,(H,32,35)/t24-/m0/s1. The van der Waals surface area contributed by atoms with Crippen LogP contribution in [-0.4, -0.2) is 4.98 Å². The summed E-state index contributed by atoms with van der Waals surface area (Å²) in [4.78, 5) is 4.32. The van der Waals surface area contributed by atoms with Gasteiger partial charge in [-0.15, -0.1) is 0 Å². The molecule has 1 aromatic heterocycles. The van der Waals surface area contributed by atoms with Gasteiger partial charge in [0.05, 0.1) is 49.3 Å². The second kappa shape index (κ2) is 10.3. The van der Waals surface area contributed by atoms with Gasteiger partial charge in [0.25, 0.3) is 0 Å². The molecule has 1 atom stereocenters. The minimum absolute atomic E-state index is 0.0227. The monoisotopic (exact) mass is 557 g/mol. The van der Waals surface area contributed by atoms with Crippen molar-refractivity contribution in [3.8, 4) is 6.07 Å². The third kappa shape index (κ3) is 4.92. The number of nitrogens with zero attached hydrogens (tertiary/aromatic N) is 2. The summed E-state index contributed by atoms with van der Waals surface area (Å²) in [6.07, 6.45) is 3.07. The van der Waals surface area contributed by atoms with Gasteiger partial charge in [-0.25, -0.2) is 8.78 Å². The van der Waals surface area contributed by atoms with Crippen molar-refractivity contribution in [3.05, 3.63) is 104 Å². The van der Waals surface area contributed by atoms with E-state index in [0.29, 0.717) is 21.6 Å². The predicted octanol–water partition coefficient (Wildman–Crippen LogP) is 6.70. The summed E-state index contributed by atoms with van der Waals surface area (Å²) >= 11 is 18.5. The molecule has 4 aromatic rings. The number of fused-ring (bicyclic) bond motifs is 1. The molecule has 5 N–H and O–H groups in total. The molecule has 12 heteroatoms. The number of nitrogens with one attached hydrogen (secondary N) is 5. The van der Waals surface area contributed by atoms with Crippen molar-refractivity contribution in [1.82, 2.24) is 21.4 Å². The lowest BCUT2D eigenvalue weighted by Gasteiger charge is -2.22. The van der Waals surface area contributed by atoms with Crippen molar-refractivity contribution in [2.45, 2.75) is 6.04 Å². The van der Waals surface area contributed by atoms with Crippen LogP contribution in [0.5, 0.6) is 0 Å². The van der Waals surface area contributed by atoms with Gasteiger partial charge in [0.15, 0.2) is 5.82 Å². The van der Waals surface area contributed by atoms with E-state index in [1.807, 2.05) is 0 Å². The molecule has 0 spiro atoms. The molecular formula is C25H16Cl3F2N7. The van der Waals surface area contributed by atoms with Crippen LogP contribution < -0.4 is 27.0 Å². The minimum Gasteiger partial charge on any atom is -0.373 e. The first-order valence-electron chi connectivity index (χ1n) is 10.8. The van der Waals surface area contributed by atoms with Crippen LogP contribution in [0.25, 0.3) is 10.9 Å². The highest BCUT2D eigenvalue weighted by Crippen LogP contribution is 2.38. The molecule has 0 unspecified atom stereocenters. The third-order valence-corrected chi connectivity index (χ3v) is 6.74. The van der Waals surface area contributed by atoms with Crippen molar-refractivity contribution in [1.29, 1.82) is 5.26 Å². The quantitative estimate of drug-likeness (QED) is 0.168. The van der Waals surface area contributed by atoms with E-state index in [1.165, 1.54) is 30.5 Å². The third-order valence-electron chi connectivity index (χ3n) is 5.67. The zero-order valence-electron chi connectivity index (χ0n) is 18.6. The van der Waals surface area contributed by atoms with Gasteiger partial charge in [-0.3, -0.25) is 4.98 Å². The highest BCUT2D eigenvalue weighted by atomic mass is 35.5. The molecule has 5 rings (SSSR count). The number of aromatic nitrogens is 1. The number of pyridine rings is 1. The molecule has 0 amide bonds. The number of nitriles is 1. The van der Waals surface area contributed by atoms with Gasteiger partial charge in [0, 0.05) is 23.5 Å². The molecule has 0 saturated carbocycles. The summed E-state index contributed by atoms with van der Waals surface area (Å²) in [5, 5.41) is 16.6. The van der Waals surface area contributed by atoms with E-state index in [-0.39, 0.29) is 32.8 Å². The Morgan fingerprint density at radius 2 is 1.78 bits per heavy atom. The van der Waals surface area contributed by atoms with Crippen LogP contribution in [0.4, 0.5) is 25.8 Å². The van der Waals surface area contributed by atoms with Gasteiger partial charge in [-0.05, 0) is 42.0 Å². The average Bonchev–Trinajstić information content (AvgIpc) is 3.43. The van der Waals surface area contributed by atoms with E-state index in [9.17, 15) is 14.0 Å². The summed E-state index contributed by atoms with van der Waals surface area (Å²) in [7, 11) is 0. The zero-order chi connectivity index (χ0) is 26.1. The van der Waals surface area contributed by atoms with Crippen LogP contribution >= 0.6 is 34.8 Å². The first-order valence-corrected chi connectivity index (χ1v) is 11.9. The minimum atomic E-state index is -0.765. The number of hydrogen-bond acceptors (Lipinski definition) is 7. The van der Waals surface area contributed by atoms with E-state index in [4.69, 9.17) is 34.8 Å². The second-order valence-corrected chi connectivity index (χ2v) is 9.18. The number of anilines is 3. The van der Waals surface area contributed by atoms with Gasteiger partial charge < -0.3 is 21.5 Å². The molecule has 0 radical (unpaired) electrons. The van der Waals surface area contributed by atoms with Crippen LogP contribution in [0.2, 0.25) is 15.1 Å². The topological polar surface area (TPSA) is 96.8 Å². The average molecular weight is 559 g/mol. The lowest BCUT2D eigenvalue weighted by molar-refractivity contribution is 0.582. The molecule has 3 aromatic carbocycles. The van der Waals surface area contributed by atoms with Crippen molar-refractivity contribution in [2.75, 3.05) is 10.6 Å². The summed E-state index contributed by atoms with van der Waals surface area (Å²) in [5.74, 6) is -1.12. The molecule has 0 fully saturated rings. The molecule has 0 saturated heterocycles. The summed E-state index contributed by atoms with van der Waals surface area (Å²) < 4.78 is 28.4. The lowest BCUT2D eigenvalue weighted by atomic mass is 10.0. The van der Waals surface area contributed by atoms with Crippen molar-refractivity contribution in [2.24, 2.45) is 0 Å². The number of benzene rings is 3. The number of hydrogen-bond donors (Lipinski definition) is 5. The number of hydrazine groups is 2. The molecule has 186 valence electrons. The Hall–Kier alpha value is -3.81. The number of halogens is 5. The van der Waals surface area contributed by atoms with Gasteiger partial charge in [-0.1, -0.05) is 46.9 Å². The zero-order valence-corrected chi connectivity index (χ0v) is 20.9. The molecule has 0 aliphatic carbocycles. The summed E-state index contributed by atoms with van der Waals surface area (Å²) in [6, 6.07) is 14.0. The first-order chi connectivity index (χ1) is 17.9. The molecular weight excluding hydrogens is 543 g/mol. The second-order valence-electron chi connectivity index (χ2n) is 7.98. The van der Waals surface area contributed by atoms with Gasteiger partial charge in [0.2, 0.25) is 0 Å². The van der Waals surface area contributed by atoms with E-state index >= 15 is 0 Å². The van der Waals surface area contributed by atoms with Crippen LogP contribution in [0.3, 0.4) is 0 Å². The van der Waals surface area contributed by atoms with E-state index in [2.05, 4.69) is 38.1 Å². The van der Waals surface area contributed by atoms with Crippen LogP contribution in [-0.2, 0) is 0 Å². The molecule has 2 heterocycles. The van der Waals surface area contributed by atoms with Gasteiger partial charge >= 0.3 is 0 Å². The summed E-state index contributed by atoms with van der Waals surface area (Å²) in [5.41, 5.74) is 11.6. The molecule has 37 heavy (non-hydrogen) atoms. The lowest BCUT2D eigenvalue weighted by Crippen LogP contribution is -2.33. The Bertz CT molecular complexity index is 1590. The Labute approximate surface area is 225 Å². The fourth-order valence-electron chi connectivity index (χ4n) is 3.90. The SMILES string of the molecule is N#Cc1cnc2c(Cl)cc(N[C@H](C3=CNNN3)c3ccc(F)cc3)cc2c1Nc1ccc(Cl)c(Cl)c1F. The van der Waals surface area contributed by atoms with E-state index in [1.54, 1.807) is 30.5 Å². The Morgan fingerprint density at radius 3 is 2.49 bits per heavy atom. The number of rotatable bonds is 6. The Kier molecular flexibility index (Phi) is 6.91. The van der Waals surface area contributed by atoms with E-state index < -0.39 is 11.9 Å². The highest BCUT2D eigenvalue weighted by molar-refractivity contribution is 6.42. The maximum absolute atomic E-state index is 14.8. The molecule has 7 nitrogen and oxygen atoms in total. The maximum Gasteiger partial charge on any atom is 0.166 e. The van der Waals surface area contributed by atoms with Crippen molar-refractivity contribution < 1.29 is 8.78 Å². The largest absolute Gasteiger partial charge is 0.373 e. The Balaban J connectivity index is 1.61. The van der Waals surface area contributed by atoms with Crippen LogP contribution in [0.15, 0.2) is 66.6 Å². The van der Waals surface area contributed by atoms with Crippen molar-refractivity contribution in [3.63, 3.8) is 0 Å². The molecule has 1 aliphatic rings. The smallest absolute Gasteiger partial charge is 0.166 e. The molecule has 1 aliphatic heterocycles. The fraction of sp³-hybridized carbons (Fsp3) is 0.0400. The first kappa shape index (κ1) is 24.9. The van der Waals surface area contributed by atoms with E-state index in [0.717, 1.165) is 11.3 Å². The maximum atomic E-state index is 14.8. The Morgan fingerprint density at radius 1 is 1.00 bits per heavy atom. The molecule has 0 bridgehead atoms. The highest BCUT2D eigenvalue weighted by Gasteiger charge is 2.22. The normalized spacial score (nSPS) is 13.4.